The van der Waals surface area contributed by atoms with Crippen molar-refractivity contribution in [3.8, 4) is 17.2 Å². The van der Waals surface area contributed by atoms with Gasteiger partial charge in [0.15, 0.2) is 0 Å². The average molecular weight is 348 g/mol. The highest BCUT2D eigenvalue weighted by Gasteiger charge is 2.12. The number of hydrogen-bond donors (Lipinski definition) is 1. The zero-order chi connectivity index (χ0) is 18.0. The van der Waals surface area contributed by atoms with Crippen LogP contribution in [0, 0.1) is 0 Å². The summed E-state index contributed by atoms with van der Waals surface area (Å²) in [4.78, 5) is 0. The lowest BCUT2D eigenvalue weighted by atomic mass is 10.1. The SMILES string of the molecule is Oc1ccc(CCCCC(Oc2ccccc2)Oc2ccccc2)cc1. The van der Waals surface area contributed by atoms with Crippen LogP contribution in [0.3, 0.4) is 0 Å². The fraction of sp³-hybridized carbons (Fsp3) is 0.217. The molecule has 3 aromatic carbocycles. The summed E-state index contributed by atoms with van der Waals surface area (Å²) in [7, 11) is 0. The van der Waals surface area contributed by atoms with Gasteiger partial charge in [-0.05, 0) is 61.2 Å². The summed E-state index contributed by atoms with van der Waals surface area (Å²) >= 11 is 0. The Labute approximate surface area is 154 Å². The highest BCUT2D eigenvalue weighted by Crippen LogP contribution is 2.19. The van der Waals surface area contributed by atoms with Crippen LogP contribution >= 0.6 is 0 Å². The van der Waals surface area contributed by atoms with E-state index in [0.29, 0.717) is 5.75 Å². The van der Waals surface area contributed by atoms with Crippen molar-refractivity contribution < 1.29 is 14.6 Å². The number of aromatic hydroxyl groups is 1. The van der Waals surface area contributed by atoms with Gasteiger partial charge in [0.2, 0.25) is 6.29 Å². The molecule has 0 spiro atoms. The Bertz CT molecular complexity index is 713. The maximum Gasteiger partial charge on any atom is 0.241 e. The molecule has 1 N–H and O–H groups in total. The van der Waals surface area contributed by atoms with Crippen LogP contribution in [0.25, 0.3) is 0 Å². The maximum atomic E-state index is 9.35. The van der Waals surface area contributed by atoms with E-state index in [1.54, 1.807) is 12.1 Å². The largest absolute Gasteiger partial charge is 0.508 e. The van der Waals surface area contributed by atoms with Gasteiger partial charge in [0, 0.05) is 6.42 Å². The smallest absolute Gasteiger partial charge is 0.241 e. The van der Waals surface area contributed by atoms with E-state index in [4.69, 9.17) is 9.47 Å². The lowest BCUT2D eigenvalue weighted by Gasteiger charge is -2.20. The summed E-state index contributed by atoms with van der Waals surface area (Å²) in [5.74, 6) is 1.93. The molecule has 0 saturated carbocycles. The number of hydrogen-bond acceptors (Lipinski definition) is 3. The first-order chi connectivity index (χ1) is 12.8. The summed E-state index contributed by atoms with van der Waals surface area (Å²) in [6, 6.07) is 26.9. The molecule has 0 unspecified atom stereocenters. The van der Waals surface area contributed by atoms with Crippen LogP contribution in [0.4, 0.5) is 0 Å². The fourth-order valence-corrected chi connectivity index (χ4v) is 2.75. The average Bonchev–Trinajstić information content (AvgIpc) is 2.68. The van der Waals surface area contributed by atoms with Gasteiger partial charge in [-0.1, -0.05) is 48.5 Å². The molecule has 3 aromatic rings. The first kappa shape index (κ1) is 17.9. The highest BCUT2D eigenvalue weighted by atomic mass is 16.7. The molecular formula is C23H24O3. The number of para-hydroxylation sites is 2. The molecular weight excluding hydrogens is 324 g/mol. The lowest BCUT2D eigenvalue weighted by molar-refractivity contribution is -0.00232. The molecule has 0 aromatic heterocycles. The van der Waals surface area contributed by atoms with Crippen molar-refractivity contribution in [2.24, 2.45) is 0 Å². The molecule has 3 nitrogen and oxygen atoms in total. The quantitative estimate of drug-likeness (QED) is 0.405. The maximum absolute atomic E-state index is 9.35. The number of ether oxygens (including phenoxy) is 2. The molecule has 0 atom stereocenters. The van der Waals surface area contributed by atoms with Crippen molar-refractivity contribution in [2.45, 2.75) is 32.0 Å². The van der Waals surface area contributed by atoms with E-state index in [1.165, 1.54) is 5.56 Å². The Kier molecular flexibility index (Phi) is 6.54. The standard InChI is InChI=1S/C23H24O3/c24-20-17-15-19(16-18-20)9-7-8-14-23(25-21-10-3-1-4-11-21)26-22-12-5-2-6-13-22/h1-6,10-13,15-18,23-24H,7-9,14H2. The van der Waals surface area contributed by atoms with E-state index in [2.05, 4.69) is 0 Å². The summed E-state index contributed by atoms with van der Waals surface area (Å²) < 4.78 is 12.1. The number of rotatable bonds is 9. The van der Waals surface area contributed by atoms with Crippen molar-refractivity contribution in [1.82, 2.24) is 0 Å². The van der Waals surface area contributed by atoms with Crippen molar-refractivity contribution >= 4 is 0 Å². The summed E-state index contributed by atoms with van der Waals surface area (Å²) in [6.45, 7) is 0. The summed E-state index contributed by atoms with van der Waals surface area (Å²) in [6.07, 6.45) is 3.49. The molecule has 0 radical (unpaired) electrons. The molecule has 3 heteroatoms. The van der Waals surface area contributed by atoms with Crippen LogP contribution in [-0.4, -0.2) is 11.4 Å². The van der Waals surface area contributed by atoms with Gasteiger partial charge in [-0.2, -0.15) is 0 Å². The molecule has 0 aliphatic rings. The molecule has 0 saturated heterocycles. The first-order valence-corrected chi connectivity index (χ1v) is 9.01. The Morgan fingerprint density at radius 2 is 1.19 bits per heavy atom. The van der Waals surface area contributed by atoms with E-state index >= 15 is 0 Å². The third-order valence-corrected chi connectivity index (χ3v) is 4.11. The Balaban J connectivity index is 1.53. The predicted octanol–water partition coefficient (Wildman–Crippen LogP) is 5.59. The van der Waals surface area contributed by atoms with Gasteiger partial charge >= 0.3 is 0 Å². The second kappa shape index (κ2) is 9.52. The Hall–Kier alpha value is -2.94. The Morgan fingerprint density at radius 3 is 1.73 bits per heavy atom. The van der Waals surface area contributed by atoms with Crippen molar-refractivity contribution in [3.05, 3.63) is 90.5 Å². The van der Waals surface area contributed by atoms with E-state index in [1.807, 2.05) is 72.8 Å². The summed E-state index contributed by atoms with van der Waals surface area (Å²) in [5, 5.41) is 9.35. The molecule has 134 valence electrons. The van der Waals surface area contributed by atoms with Crippen molar-refractivity contribution in [1.29, 1.82) is 0 Å². The van der Waals surface area contributed by atoms with Crippen LogP contribution in [0.1, 0.15) is 24.8 Å². The van der Waals surface area contributed by atoms with Crippen LogP contribution in [0.5, 0.6) is 17.2 Å². The van der Waals surface area contributed by atoms with E-state index in [9.17, 15) is 5.11 Å². The minimum Gasteiger partial charge on any atom is -0.508 e. The van der Waals surface area contributed by atoms with Gasteiger partial charge in [0.1, 0.15) is 17.2 Å². The molecule has 26 heavy (non-hydrogen) atoms. The molecule has 0 aliphatic heterocycles. The normalized spacial score (nSPS) is 10.7. The minimum absolute atomic E-state index is 0.307. The van der Waals surface area contributed by atoms with E-state index in [0.717, 1.165) is 37.2 Å². The fourth-order valence-electron chi connectivity index (χ4n) is 2.75. The molecule has 0 fully saturated rings. The number of phenolic OH excluding ortho intramolecular Hbond substituents is 1. The number of aryl methyl sites for hydroxylation is 1. The van der Waals surface area contributed by atoms with Gasteiger partial charge in [-0.3, -0.25) is 0 Å². The third-order valence-electron chi connectivity index (χ3n) is 4.11. The van der Waals surface area contributed by atoms with E-state index < -0.39 is 0 Å². The van der Waals surface area contributed by atoms with Gasteiger partial charge in [0.05, 0.1) is 0 Å². The highest BCUT2D eigenvalue weighted by molar-refractivity contribution is 5.26. The van der Waals surface area contributed by atoms with Gasteiger partial charge < -0.3 is 14.6 Å². The lowest BCUT2D eigenvalue weighted by Crippen LogP contribution is -2.24. The van der Waals surface area contributed by atoms with Crippen LogP contribution in [-0.2, 0) is 6.42 Å². The van der Waals surface area contributed by atoms with E-state index in [-0.39, 0.29) is 6.29 Å². The predicted molar refractivity (Wildman–Crippen MR) is 104 cm³/mol. The second-order valence-corrected chi connectivity index (χ2v) is 6.20. The zero-order valence-corrected chi connectivity index (χ0v) is 14.8. The number of unbranched alkanes of at least 4 members (excludes halogenated alkanes) is 1. The molecule has 0 bridgehead atoms. The van der Waals surface area contributed by atoms with Crippen molar-refractivity contribution in [3.63, 3.8) is 0 Å². The monoisotopic (exact) mass is 348 g/mol. The minimum atomic E-state index is -0.320. The van der Waals surface area contributed by atoms with Gasteiger partial charge in [-0.25, -0.2) is 0 Å². The van der Waals surface area contributed by atoms with Crippen molar-refractivity contribution in [2.75, 3.05) is 0 Å². The molecule has 0 aliphatic carbocycles. The van der Waals surface area contributed by atoms with Gasteiger partial charge in [0.25, 0.3) is 0 Å². The summed E-state index contributed by atoms with van der Waals surface area (Å²) in [5.41, 5.74) is 1.23. The molecule has 3 rings (SSSR count). The van der Waals surface area contributed by atoms with Gasteiger partial charge in [-0.15, -0.1) is 0 Å². The molecule has 0 amide bonds. The first-order valence-electron chi connectivity index (χ1n) is 9.01. The number of phenols is 1. The van der Waals surface area contributed by atoms with Crippen LogP contribution < -0.4 is 9.47 Å². The molecule has 0 heterocycles. The second-order valence-electron chi connectivity index (χ2n) is 6.20. The number of benzene rings is 3. The third kappa shape index (κ3) is 5.85. The van der Waals surface area contributed by atoms with Crippen LogP contribution in [0.2, 0.25) is 0 Å². The van der Waals surface area contributed by atoms with Crippen LogP contribution in [0.15, 0.2) is 84.9 Å². The topological polar surface area (TPSA) is 38.7 Å². The zero-order valence-electron chi connectivity index (χ0n) is 14.8. The Morgan fingerprint density at radius 1 is 0.654 bits per heavy atom.